The maximum Gasteiger partial charge on any atom is 0.285 e. The number of aromatic amines is 1. The summed E-state index contributed by atoms with van der Waals surface area (Å²) in [5, 5.41) is 6.22. The number of nitrogens with one attached hydrogen (secondary N) is 3. The van der Waals surface area contributed by atoms with E-state index in [1.54, 1.807) is 12.1 Å². The molecule has 4 rings (SSSR count). The topological polar surface area (TPSA) is 131 Å². The van der Waals surface area contributed by atoms with E-state index in [0.29, 0.717) is 23.9 Å². The number of carbonyl (C=O) groups excluding carboxylic acids is 2. The molecule has 4 aromatic rings. The van der Waals surface area contributed by atoms with Gasteiger partial charge in [0.25, 0.3) is 11.1 Å². The second-order valence-corrected chi connectivity index (χ2v) is 10.7. The number of H-pyrrole nitrogens is 1. The third-order valence-corrected chi connectivity index (χ3v) is 6.97. The van der Waals surface area contributed by atoms with Crippen LogP contribution in [0.2, 0.25) is 10.3 Å². The average molecular weight is 684 g/mol. The van der Waals surface area contributed by atoms with Crippen molar-refractivity contribution in [3.05, 3.63) is 109 Å². The van der Waals surface area contributed by atoms with E-state index in [-0.39, 0.29) is 49.4 Å². The summed E-state index contributed by atoms with van der Waals surface area (Å²) >= 11 is 22.6. The number of hydrogen-bond acceptors (Lipinski definition) is 7. The van der Waals surface area contributed by atoms with Crippen LogP contribution in [0.3, 0.4) is 0 Å². The second kappa shape index (κ2) is 19.0. The van der Waals surface area contributed by atoms with Crippen LogP contribution in [0.1, 0.15) is 13.8 Å². The Morgan fingerprint density at radius 1 is 0.860 bits per heavy atom. The number of rotatable bonds is 8. The number of thioether (sulfide) groups is 1. The molecule has 0 radical (unpaired) electrons. The quantitative estimate of drug-likeness (QED) is 0.116. The predicted molar refractivity (Wildman–Crippen MR) is 177 cm³/mol. The largest absolute Gasteiger partial charge is 0.331 e. The molecule has 0 bridgehead atoms. The molecule has 228 valence electrons. The highest BCUT2D eigenvalue weighted by Gasteiger charge is 2.10. The highest BCUT2D eigenvalue weighted by atomic mass is 35.5. The first-order chi connectivity index (χ1) is 20.6. The van der Waals surface area contributed by atoms with Crippen molar-refractivity contribution < 1.29 is 9.59 Å². The molecule has 0 saturated carbocycles. The molecule has 0 atom stereocenters. The van der Waals surface area contributed by atoms with E-state index in [9.17, 15) is 19.2 Å². The smallest absolute Gasteiger partial charge is 0.285 e. The van der Waals surface area contributed by atoms with Crippen LogP contribution in [-0.4, -0.2) is 42.5 Å². The Morgan fingerprint density at radius 3 is 1.88 bits per heavy atom. The van der Waals surface area contributed by atoms with Gasteiger partial charge in [0.1, 0.15) is 16.2 Å². The third-order valence-electron chi connectivity index (χ3n) is 5.13. The molecule has 2 aromatic heterocycles. The van der Waals surface area contributed by atoms with Gasteiger partial charge in [-0.25, -0.2) is 4.98 Å². The predicted octanol–water partition coefficient (Wildman–Crippen LogP) is 6.09. The summed E-state index contributed by atoms with van der Waals surface area (Å²) in [6, 6.07) is 18.3. The molecule has 0 unspecified atom stereocenters. The zero-order valence-corrected chi connectivity index (χ0v) is 27.1. The molecule has 0 aliphatic rings. The van der Waals surface area contributed by atoms with Crippen molar-refractivity contribution >= 4 is 82.0 Å². The molecule has 15 heteroatoms. The van der Waals surface area contributed by atoms with Crippen LogP contribution in [0.5, 0.6) is 0 Å². The highest BCUT2D eigenvalue weighted by molar-refractivity contribution is 7.99. The van der Waals surface area contributed by atoms with Gasteiger partial charge in [0.15, 0.2) is 9.67 Å². The number of aryl methyl sites for hydroxylation is 2. The summed E-state index contributed by atoms with van der Waals surface area (Å²) in [7, 11) is 0. The van der Waals surface area contributed by atoms with Crippen molar-refractivity contribution in [2.45, 2.75) is 32.0 Å². The number of aromatic nitrogens is 4. The SMILES string of the molecule is CCn1cc(Cl)[nH]c(=S)c1=O.CCn1cc(Cl)nc(SCC(=O)Nc2ccccc2)c1=O.O=C(CCl)Nc1ccccc1. The number of para-hydroxylation sites is 2. The second-order valence-electron chi connectivity index (χ2n) is 8.23. The summed E-state index contributed by atoms with van der Waals surface area (Å²) in [4.78, 5) is 52.2. The average Bonchev–Trinajstić information content (AvgIpc) is 3.00. The van der Waals surface area contributed by atoms with Crippen molar-refractivity contribution in [1.29, 1.82) is 0 Å². The Bertz CT molecular complexity index is 1670. The zero-order valence-electron chi connectivity index (χ0n) is 23.2. The summed E-state index contributed by atoms with van der Waals surface area (Å²) in [5.41, 5.74) is 1.05. The van der Waals surface area contributed by atoms with Gasteiger partial charge in [-0.1, -0.05) is 83.6 Å². The summed E-state index contributed by atoms with van der Waals surface area (Å²) in [6.45, 7) is 4.78. The van der Waals surface area contributed by atoms with Crippen molar-refractivity contribution in [2.75, 3.05) is 22.3 Å². The van der Waals surface area contributed by atoms with E-state index in [0.717, 1.165) is 17.4 Å². The van der Waals surface area contributed by atoms with E-state index in [1.807, 2.05) is 62.4 Å². The first-order valence-corrected chi connectivity index (χ1v) is 15.4. The molecule has 2 amide bonds. The lowest BCUT2D eigenvalue weighted by molar-refractivity contribution is -0.114. The van der Waals surface area contributed by atoms with Crippen LogP contribution in [0.25, 0.3) is 0 Å². The summed E-state index contributed by atoms with van der Waals surface area (Å²) in [6.07, 6.45) is 3.01. The normalized spacial score (nSPS) is 9.98. The van der Waals surface area contributed by atoms with Gasteiger partial charge in [-0.3, -0.25) is 19.2 Å². The Balaban J connectivity index is 0.000000247. The number of alkyl halides is 1. The summed E-state index contributed by atoms with van der Waals surface area (Å²) < 4.78 is 3.08. The highest BCUT2D eigenvalue weighted by Crippen LogP contribution is 2.15. The fourth-order valence-corrected chi connectivity index (χ4v) is 4.69. The lowest BCUT2D eigenvalue weighted by atomic mass is 10.3. The molecule has 0 fully saturated rings. The minimum absolute atomic E-state index is 0.00507. The minimum atomic E-state index is -0.237. The van der Waals surface area contributed by atoms with Gasteiger partial charge in [-0.15, -0.1) is 11.6 Å². The van der Waals surface area contributed by atoms with Gasteiger partial charge in [0, 0.05) is 36.9 Å². The molecule has 2 heterocycles. The summed E-state index contributed by atoms with van der Waals surface area (Å²) in [5.74, 6) is -0.288. The Hall–Kier alpha value is -3.42. The monoisotopic (exact) mass is 682 g/mol. The van der Waals surface area contributed by atoms with Gasteiger partial charge in [0.05, 0.1) is 5.75 Å². The number of halogens is 3. The lowest BCUT2D eigenvalue weighted by Gasteiger charge is -2.06. The van der Waals surface area contributed by atoms with E-state index < -0.39 is 0 Å². The van der Waals surface area contributed by atoms with Crippen molar-refractivity contribution in [2.24, 2.45) is 0 Å². The molecule has 2 aromatic carbocycles. The molecule has 43 heavy (non-hydrogen) atoms. The molecule has 0 aliphatic carbocycles. The number of anilines is 2. The van der Waals surface area contributed by atoms with E-state index in [4.69, 9.17) is 47.0 Å². The molecule has 10 nitrogen and oxygen atoms in total. The number of benzene rings is 2. The van der Waals surface area contributed by atoms with Crippen LogP contribution >= 0.6 is 58.8 Å². The molecule has 0 aliphatic heterocycles. The van der Waals surface area contributed by atoms with E-state index >= 15 is 0 Å². The Labute approximate surface area is 272 Å². The van der Waals surface area contributed by atoms with Crippen LogP contribution < -0.4 is 21.8 Å². The molecular formula is C28H29Cl3N6O4S2. The molecular weight excluding hydrogens is 655 g/mol. The molecule has 0 saturated heterocycles. The first kappa shape index (κ1) is 35.8. The first-order valence-electron chi connectivity index (χ1n) is 12.7. The van der Waals surface area contributed by atoms with Crippen LogP contribution in [0, 0.1) is 4.64 Å². The standard InChI is InChI=1S/C14H14ClN3O2S.C8H8ClNO.C6H7ClN2OS/c1-2-18-8-11(15)17-13(14(18)20)21-9-12(19)16-10-6-4-3-5-7-10;9-6-8(11)10-7-4-2-1-3-5-7;1-2-9-3-4(7)8-5(11)6(9)10/h3-8H,2,9H2,1H3,(H,16,19);1-5H,6H2,(H,10,11);3H,2H2,1H3,(H,8,11). The zero-order chi connectivity index (χ0) is 31.8. The fourth-order valence-electron chi connectivity index (χ4n) is 3.14. The van der Waals surface area contributed by atoms with Crippen molar-refractivity contribution in [1.82, 2.24) is 19.1 Å². The fraction of sp³-hybridized carbons (Fsp3) is 0.214. The lowest BCUT2D eigenvalue weighted by Crippen LogP contribution is -2.23. The van der Waals surface area contributed by atoms with Gasteiger partial charge in [-0.05, 0) is 38.1 Å². The maximum absolute atomic E-state index is 12.0. The maximum atomic E-state index is 12.0. The van der Waals surface area contributed by atoms with E-state index in [2.05, 4.69) is 20.6 Å². The Kier molecular flexibility index (Phi) is 15.8. The number of nitrogens with zero attached hydrogens (tertiary/aromatic N) is 3. The minimum Gasteiger partial charge on any atom is -0.331 e. The Morgan fingerprint density at radius 2 is 1.37 bits per heavy atom. The third kappa shape index (κ3) is 12.8. The van der Waals surface area contributed by atoms with Crippen LogP contribution in [0.4, 0.5) is 11.4 Å². The molecule has 0 spiro atoms. The van der Waals surface area contributed by atoms with Crippen molar-refractivity contribution in [3.8, 4) is 0 Å². The number of amides is 2. The molecule has 3 N–H and O–H groups in total. The van der Waals surface area contributed by atoms with Crippen LogP contribution in [-0.2, 0) is 22.7 Å². The number of hydrogen-bond donors (Lipinski definition) is 3. The number of carbonyl (C=O) groups is 2. The van der Waals surface area contributed by atoms with Gasteiger partial charge in [-0.2, -0.15) is 0 Å². The van der Waals surface area contributed by atoms with Crippen LogP contribution in [0.15, 0.2) is 87.7 Å². The van der Waals surface area contributed by atoms with Gasteiger partial charge in [0.2, 0.25) is 11.8 Å². The van der Waals surface area contributed by atoms with Gasteiger partial charge < -0.3 is 24.8 Å². The van der Waals surface area contributed by atoms with Gasteiger partial charge >= 0.3 is 0 Å². The van der Waals surface area contributed by atoms with Crippen molar-refractivity contribution in [3.63, 3.8) is 0 Å². The van der Waals surface area contributed by atoms with E-state index in [1.165, 1.54) is 21.5 Å².